The third kappa shape index (κ3) is 2.20. The van der Waals surface area contributed by atoms with Gasteiger partial charge in [0.15, 0.2) is 0 Å². The standard InChI is InChI=1S/C13H23NO3/c1-3-17-12(15)10-8-14-9-13(10)7-5-4-6-11(13)16-2/h10-11,14H,3-9H2,1-2H3. The Morgan fingerprint density at radius 3 is 3.00 bits per heavy atom. The minimum atomic E-state index is -0.0542. The van der Waals surface area contributed by atoms with E-state index in [4.69, 9.17) is 9.47 Å². The Labute approximate surface area is 103 Å². The largest absolute Gasteiger partial charge is 0.466 e. The lowest BCUT2D eigenvalue weighted by Gasteiger charge is -2.43. The lowest BCUT2D eigenvalue weighted by atomic mass is 9.65. The van der Waals surface area contributed by atoms with E-state index in [1.165, 1.54) is 12.8 Å². The van der Waals surface area contributed by atoms with Crippen LogP contribution >= 0.6 is 0 Å². The van der Waals surface area contributed by atoms with E-state index in [1.807, 2.05) is 6.92 Å². The summed E-state index contributed by atoms with van der Waals surface area (Å²) in [6.07, 6.45) is 4.73. The van der Waals surface area contributed by atoms with E-state index in [0.29, 0.717) is 6.61 Å². The molecule has 0 aromatic rings. The number of carbonyl (C=O) groups excluding carboxylic acids is 1. The van der Waals surface area contributed by atoms with E-state index in [1.54, 1.807) is 7.11 Å². The first-order chi connectivity index (χ1) is 8.24. The van der Waals surface area contributed by atoms with Crippen molar-refractivity contribution in [2.24, 2.45) is 11.3 Å². The number of carbonyl (C=O) groups is 1. The lowest BCUT2D eigenvalue weighted by Crippen LogP contribution is -2.48. The number of methoxy groups -OCH3 is 1. The number of esters is 1. The molecule has 17 heavy (non-hydrogen) atoms. The topological polar surface area (TPSA) is 47.6 Å². The summed E-state index contributed by atoms with van der Waals surface area (Å²) >= 11 is 0. The van der Waals surface area contributed by atoms with Crippen LogP contribution in [0, 0.1) is 11.3 Å². The molecule has 98 valence electrons. The van der Waals surface area contributed by atoms with Crippen LogP contribution in [0.1, 0.15) is 32.6 Å². The van der Waals surface area contributed by atoms with Crippen molar-refractivity contribution in [2.45, 2.75) is 38.7 Å². The van der Waals surface area contributed by atoms with Gasteiger partial charge in [-0.3, -0.25) is 4.79 Å². The first-order valence-corrected chi connectivity index (χ1v) is 6.64. The Morgan fingerprint density at radius 1 is 1.47 bits per heavy atom. The third-order valence-corrected chi connectivity index (χ3v) is 4.35. The molecule has 1 aliphatic heterocycles. The molecule has 0 radical (unpaired) electrons. The normalized spacial score (nSPS) is 37.3. The number of nitrogens with one attached hydrogen (secondary N) is 1. The molecule has 1 spiro atoms. The Kier molecular flexibility index (Phi) is 4.05. The molecule has 2 fully saturated rings. The summed E-state index contributed by atoms with van der Waals surface area (Å²) in [5.41, 5.74) is -0.0285. The summed E-state index contributed by atoms with van der Waals surface area (Å²) in [6.45, 7) is 3.94. The van der Waals surface area contributed by atoms with E-state index >= 15 is 0 Å². The quantitative estimate of drug-likeness (QED) is 0.758. The molecular weight excluding hydrogens is 218 g/mol. The Morgan fingerprint density at radius 2 is 2.29 bits per heavy atom. The SMILES string of the molecule is CCOC(=O)C1CNCC12CCCCC2OC. The van der Waals surface area contributed by atoms with Crippen molar-refractivity contribution in [2.75, 3.05) is 26.8 Å². The second kappa shape index (κ2) is 5.36. The van der Waals surface area contributed by atoms with Gasteiger partial charge in [-0.25, -0.2) is 0 Å². The number of hydrogen-bond acceptors (Lipinski definition) is 4. The van der Waals surface area contributed by atoms with Crippen LogP contribution in [-0.4, -0.2) is 38.9 Å². The van der Waals surface area contributed by atoms with Gasteiger partial charge in [-0.2, -0.15) is 0 Å². The van der Waals surface area contributed by atoms with Crippen molar-refractivity contribution in [3.8, 4) is 0 Å². The van der Waals surface area contributed by atoms with Gasteiger partial charge in [0.1, 0.15) is 0 Å². The maximum Gasteiger partial charge on any atom is 0.310 e. The summed E-state index contributed by atoms with van der Waals surface area (Å²) < 4.78 is 10.9. The fraction of sp³-hybridized carbons (Fsp3) is 0.923. The Hall–Kier alpha value is -0.610. The maximum absolute atomic E-state index is 12.1. The van der Waals surface area contributed by atoms with Gasteiger partial charge in [-0.1, -0.05) is 12.8 Å². The van der Waals surface area contributed by atoms with E-state index < -0.39 is 0 Å². The summed E-state index contributed by atoms with van der Waals surface area (Å²) in [6, 6.07) is 0. The highest BCUT2D eigenvalue weighted by Gasteiger charge is 2.53. The summed E-state index contributed by atoms with van der Waals surface area (Å²) in [7, 11) is 1.76. The van der Waals surface area contributed by atoms with Crippen LogP contribution in [0.3, 0.4) is 0 Å². The third-order valence-electron chi connectivity index (χ3n) is 4.35. The minimum Gasteiger partial charge on any atom is -0.466 e. The van der Waals surface area contributed by atoms with Crippen molar-refractivity contribution < 1.29 is 14.3 Å². The van der Waals surface area contributed by atoms with Gasteiger partial charge in [0, 0.05) is 25.6 Å². The monoisotopic (exact) mass is 241 g/mol. The molecular formula is C13H23NO3. The van der Waals surface area contributed by atoms with E-state index in [9.17, 15) is 4.79 Å². The van der Waals surface area contributed by atoms with Crippen molar-refractivity contribution in [3.05, 3.63) is 0 Å². The number of rotatable bonds is 3. The molecule has 4 heteroatoms. The van der Waals surface area contributed by atoms with Crippen LogP contribution in [-0.2, 0) is 14.3 Å². The van der Waals surface area contributed by atoms with Crippen molar-refractivity contribution in [1.29, 1.82) is 0 Å². The molecule has 0 aromatic carbocycles. The predicted molar refractivity (Wildman–Crippen MR) is 64.7 cm³/mol. The van der Waals surface area contributed by atoms with Gasteiger partial charge in [-0.05, 0) is 19.8 Å². The summed E-state index contributed by atoms with van der Waals surface area (Å²) in [5, 5.41) is 3.36. The number of ether oxygens (including phenoxy) is 2. The Bertz CT molecular complexity index is 282. The van der Waals surface area contributed by atoms with Gasteiger partial charge in [0.25, 0.3) is 0 Å². The molecule has 1 aliphatic carbocycles. The molecule has 4 nitrogen and oxygen atoms in total. The molecule has 0 bridgehead atoms. The molecule has 0 aromatic heterocycles. The van der Waals surface area contributed by atoms with Gasteiger partial charge in [-0.15, -0.1) is 0 Å². The average Bonchev–Trinajstić information content (AvgIpc) is 2.74. The molecule has 3 unspecified atom stereocenters. The zero-order chi connectivity index (χ0) is 12.3. The van der Waals surface area contributed by atoms with E-state index in [2.05, 4.69) is 5.32 Å². The summed E-state index contributed by atoms with van der Waals surface area (Å²) in [4.78, 5) is 12.1. The highest BCUT2D eigenvalue weighted by atomic mass is 16.5. The van der Waals surface area contributed by atoms with Crippen LogP contribution < -0.4 is 5.32 Å². The van der Waals surface area contributed by atoms with Crippen LogP contribution in [0.2, 0.25) is 0 Å². The predicted octanol–water partition coefficient (Wildman–Crippen LogP) is 1.34. The lowest BCUT2D eigenvalue weighted by molar-refractivity contribution is -0.157. The van der Waals surface area contributed by atoms with Crippen LogP contribution in [0.25, 0.3) is 0 Å². The molecule has 1 saturated heterocycles. The van der Waals surface area contributed by atoms with Crippen LogP contribution in [0.4, 0.5) is 0 Å². The highest BCUT2D eigenvalue weighted by Crippen LogP contribution is 2.46. The molecule has 1 N–H and O–H groups in total. The first kappa shape index (κ1) is 12.8. The van der Waals surface area contributed by atoms with Crippen LogP contribution in [0.15, 0.2) is 0 Å². The van der Waals surface area contributed by atoms with E-state index in [0.717, 1.165) is 25.9 Å². The average molecular weight is 241 g/mol. The van der Waals surface area contributed by atoms with E-state index in [-0.39, 0.29) is 23.4 Å². The zero-order valence-corrected chi connectivity index (χ0v) is 10.8. The molecule has 1 saturated carbocycles. The van der Waals surface area contributed by atoms with Gasteiger partial charge < -0.3 is 14.8 Å². The van der Waals surface area contributed by atoms with Gasteiger partial charge in [0.05, 0.1) is 18.6 Å². The Balaban J connectivity index is 2.17. The summed E-state index contributed by atoms with van der Waals surface area (Å²) in [5.74, 6) is -0.0888. The fourth-order valence-corrected chi connectivity index (χ4v) is 3.52. The fourth-order valence-electron chi connectivity index (χ4n) is 3.52. The van der Waals surface area contributed by atoms with Crippen molar-refractivity contribution in [3.63, 3.8) is 0 Å². The molecule has 2 rings (SSSR count). The molecule has 2 aliphatic rings. The molecule has 0 amide bonds. The second-order valence-electron chi connectivity index (χ2n) is 5.14. The highest BCUT2D eigenvalue weighted by molar-refractivity contribution is 5.74. The number of hydrogen-bond donors (Lipinski definition) is 1. The van der Waals surface area contributed by atoms with Crippen LogP contribution in [0.5, 0.6) is 0 Å². The molecule has 3 atom stereocenters. The second-order valence-corrected chi connectivity index (χ2v) is 5.14. The van der Waals surface area contributed by atoms with Gasteiger partial charge >= 0.3 is 5.97 Å². The van der Waals surface area contributed by atoms with Crippen molar-refractivity contribution >= 4 is 5.97 Å². The molecule has 1 heterocycles. The minimum absolute atomic E-state index is 0.0285. The smallest absolute Gasteiger partial charge is 0.310 e. The first-order valence-electron chi connectivity index (χ1n) is 6.64. The van der Waals surface area contributed by atoms with Crippen molar-refractivity contribution in [1.82, 2.24) is 5.32 Å². The maximum atomic E-state index is 12.1. The zero-order valence-electron chi connectivity index (χ0n) is 10.8. The van der Waals surface area contributed by atoms with Gasteiger partial charge in [0.2, 0.25) is 0 Å².